The van der Waals surface area contributed by atoms with Crippen molar-refractivity contribution in [2.75, 3.05) is 0 Å². The highest BCUT2D eigenvalue weighted by atomic mass is 19.1. The molecule has 1 aromatic rings. The molecule has 1 rings (SSSR count). The first kappa shape index (κ1) is 7.59. The first-order chi connectivity index (χ1) is 5.24. The van der Waals surface area contributed by atoms with Gasteiger partial charge in [-0.3, -0.25) is 4.98 Å². The lowest BCUT2D eigenvalue weighted by Crippen LogP contribution is -2.09. The predicted octanol–water partition coefficient (Wildman–Crippen LogP) is 0.631. The summed E-state index contributed by atoms with van der Waals surface area (Å²) < 4.78 is 12.6. The van der Waals surface area contributed by atoms with Gasteiger partial charge < -0.3 is 0 Å². The number of halogens is 1. The molecule has 0 atom stereocenters. The van der Waals surface area contributed by atoms with Crippen molar-refractivity contribution in [1.82, 2.24) is 9.97 Å². The molecule has 1 heterocycles. The normalized spacial score (nSPS) is 10.7. The van der Waals surface area contributed by atoms with Gasteiger partial charge in [-0.25, -0.2) is 14.2 Å². The molecular weight excluding hydrogens is 149 g/mol. The van der Waals surface area contributed by atoms with Crippen LogP contribution in [-0.4, -0.2) is 16.2 Å². The number of nitrogens with one attached hydrogen (secondary N) is 1. The molecule has 0 aliphatic heterocycles. The van der Waals surface area contributed by atoms with E-state index in [1.165, 1.54) is 6.21 Å². The van der Waals surface area contributed by atoms with E-state index in [-0.39, 0.29) is 5.82 Å². The first-order valence-electron chi connectivity index (χ1n) is 2.97. The second kappa shape index (κ2) is 3.05. The Labute approximate surface area is 61.8 Å². The molecular formula is C6H6FN3O. The zero-order valence-corrected chi connectivity index (χ0v) is 5.84. The standard InChI is InChI=1S/C6H6FN3O/c1-2-8-5-4(7)3-9-6(11)10-5/h2-3H,1H3,(H,9,10,11). The fourth-order valence-electron chi connectivity index (χ4n) is 0.593. The molecule has 0 saturated heterocycles. The minimum Gasteiger partial charge on any atom is -0.288 e. The lowest BCUT2D eigenvalue weighted by molar-refractivity contribution is 0.614. The van der Waals surface area contributed by atoms with E-state index in [9.17, 15) is 9.18 Å². The van der Waals surface area contributed by atoms with Gasteiger partial charge in [0.1, 0.15) is 0 Å². The van der Waals surface area contributed by atoms with Crippen molar-refractivity contribution < 1.29 is 4.39 Å². The van der Waals surface area contributed by atoms with Crippen LogP contribution in [0.2, 0.25) is 0 Å². The number of hydrogen-bond donors (Lipinski definition) is 1. The van der Waals surface area contributed by atoms with Gasteiger partial charge in [0.25, 0.3) is 0 Å². The van der Waals surface area contributed by atoms with Crippen LogP contribution in [0.4, 0.5) is 10.2 Å². The minimum atomic E-state index is -0.636. The van der Waals surface area contributed by atoms with Crippen LogP contribution in [0, 0.1) is 5.82 Å². The zero-order valence-electron chi connectivity index (χ0n) is 5.84. The molecule has 58 valence electrons. The van der Waals surface area contributed by atoms with E-state index in [2.05, 4.69) is 15.0 Å². The Morgan fingerprint density at radius 3 is 3.18 bits per heavy atom. The highest BCUT2D eigenvalue weighted by Crippen LogP contribution is 2.07. The van der Waals surface area contributed by atoms with Gasteiger partial charge in [0.2, 0.25) is 0 Å². The van der Waals surface area contributed by atoms with E-state index < -0.39 is 11.5 Å². The minimum absolute atomic E-state index is 0.0903. The third-order valence-corrected chi connectivity index (χ3v) is 1.00. The Morgan fingerprint density at radius 2 is 2.55 bits per heavy atom. The summed E-state index contributed by atoms with van der Waals surface area (Å²) in [5.74, 6) is -0.727. The summed E-state index contributed by atoms with van der Waals surface area (Å²) in [5.41, 5.74) is -0.605. The SMILES string of the molecule is CC=Nc1[nH]c(=O)ncc1F. The smallest absolute Gasteiger partial charge is 0.288 e. The highest BCUT2D eigenvalue weighted by molar-refractivity contribution is 5.58. The van der Waals surface area contributed by atoms with E-state index in [1.54, 1.807) is 6.92 Å². The molecule has 4 nitrogen and oxygen atoms in total. The molecule has 0 amide bonds. The Morgan fingerprint density at radius 1 is 1.82 bits per heavy atom. The third kappa shape index (κ3) is 1.70. The molecule has 0 spiro atoms. The summed E-state index contributed by atoms with van der Waals surface area (Å²) in [6.07, 6.45) is 2.22. The maximum atomic E-state index is 12.6. The van der Waals surface area contributed by atoms with Gasteiger partial charge in [0.05, 0.1) is 6.20 Å². The molecule has 0 unspecified atom stereocenters. The number of aromatic amines is 1. The summed E-state index contributed by atoms with van der Waals surface area (Å²) in [4.78, 5) is 19.4. The lowest BCUT2D eigenvalue weighted by atomic mass is 10.5. The summed E-state index contributed by atoms with van der Waals surface area (Å²) >= 11 is 0. The first-order valence-corrected chi connectivity index (χ1v) is 2.97. The van der Waals surface area contributed by atoms with Crippen LogP contribution >= 0.6 is 0 Å². The molecule has 5 heteroatoms. The van der Waals surface area contributed by atoms with Gasteiger partial charge in [0, 0.05) is 6.21 Å². The number of hydrogen-bond acceptors (Lipinski definition) is 3. The number of aromatic nitrogens is 2. The number of nitrogens with zero attached hydrogens (tertiary/aromatic N) is 2. The van der Waals surface area contributed by atoms with Gasteiger partial charge in [-0.1, -0.05) is 0 Å². The fraction of sp³-hybridized carbons (Fsp3) is 0.167. The largest absolute Gasteiger partial charge is 0.346 e. The van der Waals surface area contributed by atoms with Crippen LogP contribution < -0.4 is 5.69 Å². The van der Waals surface area contributed by atoms with E-state index >= 15 is 0 Å². The van der Waals surface area contributed by atoms with Crippen molar-refractivity contribution in [3.63, 3.8) is 0 Å². The van der Waals surface area contributed by atoms with Crippen molar-refractivity contribution in [2.45, 2.75) is 6.92 Å². The molecule has 1 N–H and O–H groups in total. The molecule has 0 fully saturated rings. The molecule has 0 saturated carbocycles. The van der Waals surface area contributed by atoms with Crippen LogP contribution in [-0.2, 0) is 0 Å². The monoisotopic (exact) mass is 155 g/mol. The molecule has 1 aromatic heterocycles. The van der Waals surface area contributed by atoms with Crippen molar-refractivity contribution in [2.24, 2.45) is 4.99 Å². The van der Waals surface area contributed by atoms with Gasteiger partial charge in [-0.15, -0.1) is 0 Å². The fourth-order valence-corrected chi connectivity index (χ4v) is 0.593. The molecule has 11 heavy (non-hydrogen) atoms. The van der Waals surface area contributed by atoms with E-state index in [1.807, 2.05) is 0 Å². The summed E-state index contributed by atoms with van der Waals surface area (Å²) in [5, 5.41) is 0. The summed E-state index contributed by atoms with van der Waals surface area (Å²) in [7, 11) is 0. The zero-order chi connectivity index (χ0) is 8.27. The van der Waals surface area contributed by atoms with Gasteiger partial charge in [-0.2, -0.15) is 4.98 Å². The topological polar surface area (TPSA) is 58.1 Å². The maximum absolute atomic E-state index is 12.6. The Balaban J connectivity index is 3.23. The Hall–Kier alpha value is -1.52. The molecule has 0 aromatic carbocycles. The Kier molecular flexibility index (Phi) is 2.10. The van der Waals surface area contributed by atoms with Crippen LogP contribution in [0.1, 0.15) is 6.92 Å². The second-order valence-corrected chi connectivity index (χ2v) is 1.77. The number of rotatable bonds is 1. The predicted molar refractivity (Wildman–Crippen MR) is 38.6 cm³/mol. The second-order valence-electron chi connectivity index (χ2n) is 1.77. The van der Waals surface area contributed by atoms with Crippen molar-refractivity contribution >= 4 is 12.0 Å². The van der Waals surface area contributed by atoms with Crippen molar-refractivity contribution in [1.29, 1.82) is 0 Å². The summed E-state index contributed by atoms with van der Waals surface area (Å²) in [6.45, 7) is 1.62. The lowest BCUT2D eigenvalue weighted by Gasteiger charge is -1.91. The molecule has 0 bridgehead atoms. The van der Waals surface area contributed by atoms with E-state index in [4.69, 9.17) is 0 Å². The van der Waals surface area contributed by atoms with Crippen LogP contribution in [0.5, 0.6) is 0 Å². The highest BCUT2D eigenvalue weighted by Gasteiger charge is 1.98. The number of aliphatic imine (C=N–C) groups is 1. The van der Waals surface area contributed by atoms with Crippen LogP contribution in [0.15, 0.2) is 16.0 Å². The van der Waals surface area contributed by atoms with Crippen LogP contribution in [0.3, 0.4) is 0 Å². The molecule has 0 aliphatic rings. The third-order valence-electron chi connectivity index (χ3n) is 1.00. The summed E-state index contributed by atoms with van der Waals surface area (Å²) in [6, 6.07) is 0. The van der Waals surface area contributed by atoms with E-state index in [0.717, 1.165) is 6.20 Å². The quantitative estimate of drug-likeness (QED) is 0.604. The number of H-pyrrole nitrogens is 1. The molecule has 0 radical (unpaired) electrons. The van der Waals surface area contributed by atoms with Crippen molar-refractivity contribution in [3.05, 3.63) is 22.5 Å². The van der Waals surface area contributed by atoms with Gasteiger partial charge in [0.15, 0.2) is 11.6 Å². The average Bonchev–Trinajstić information content (AvgIpc) is 1.98. The van der Waals surface area contributed by atoms with Gasteiger partial charge in [-0.05, 0) is 6.92 Å². The maximum Gasteiger partial charge on any atom is 0.346 e. The van der Waals surface area contributed by atoms with E-state index in [0.29, 0.717) is 0 Å². The molecule has 0 aliphatic carbocycles. The van der Waals surface area contributed by atoms with Crippen LogP contribution in [0.25, 0.3) is 0 Å². The average molecular weight is 155 g/mol. The Bertz CT molecular complexity index is 331. The van der Waals surface area contributed by atoms with Gasteiger partial charge >= 0.3 is 5.69 Å². The van der Waals surface area contributed by atoms with Crippen molar-refractivity contribution in [3.8, 4) is 0 Å².